The molecule has 23 heavy (non-hydrogen) atoms. The van der Waals surface area contributed by atoms with Crippen molar-refractivity contribution < 1.29 is 14.7 Å². The molecule has 1 saturated heterocycles. The third kappa shape index (κ3) is 3.26. The summed E-state index contributed by atoms with van der Waals surface area (Å²) in [5.41, 5.74) is 2.00. The lowest BCUT2D eigenvalue weighted by Crippen LogP contribution is -2.37. The summed E-state index contributed by atoms with van der Waals surface area (Å²) in [5.74, 6) is -0.660. The van der Waals surface area contributed by atoms with E-state index in [2.05, 4.69) is 12.1 Å². The van der Waals surface area contributed by atoms with Crippen molar-refractivity contribution in [3.8, 4) is 0 Å². The summed E-state index contributed by atoms with van der Waals surface area (Å²) in [6, 6.07) is 7.75. The fourth-order valence-corrected chi connectivity index (χ4v) is 4.06. The number of carboxylic acids is 1. The van der Waals surface area contributed by atoms with Crippen LogP contribution in [0, 0.1) is 5.92 Å². The number of hydrogen-bond acceptors (Lipinski definition) is 2. The lowest BCUT2D eigenvalue weighted by atomic mass is 9.84. The Morgan fingerprint density at radius 3 is 2.26 bits per heavy atom. The maximum atomic E-state index is 12.6. The first-order valence-electron chi connectivity index (χ1n) is 8.71. The van der Waals surface area contributed by atoms with Crippen LogP contribution in [0.25, 0.3) is 0 Å². The van der Waals surface area contributed by atoms with Gasteiger partial charge in [-0.15, -0.1) is 0 Å². The van der Waals surface area contributed by atoms with Gasteiger partial charge in [-0.05, 0) is 49.8 Å². The highest BCUT2D eigenvalue weighted by atomic mass is 16.4. The van der Waals surface area contributed by atoms with E-state index >= 15 is 0 Å². The van der Waals surface area contributed by atoms with Gasteiger partial charge in [0.25, 0.3) is 5.91 Å². The molecule has 3 rings (SSSR count). The smallest absolute Gasteiger partial charge is 0.308 e. The zero-order chi connectivity index (χ0) is 16.4. The highest BCUT2D eigenvalue weighted by Crippen LogP contribution is 2.33. The van der Waals surface area contributed by atoms with E-state index < -0.39 is 11.9 Å². The first-order chi connectivity index (χ1) is 11.1. The molecule has 4 nitrogen and oxygen atoms in total. The highest BCUT2D eigenvalue weighted by molar-refractivity contribution is 5.95. The van der Waals surface area contributed by atoms with Crippen molar-refractivity contribution >= 4 is 11.9 Å². The molecule has 2 aliphatic rings. The van der Waals surface area contributed by atoms with Gasteiger partial charge in [0, 0.05) is 18.2 Å². The number of carboxylic acid groups (broad SMARTS) is 1. The van der Waals surface area contributed by atoms with Gasteiger partial charge in [0.2, 0.25) is 0 Å². The van der Waals surface area contributed by atoms with E-state index in [0.29, 0.717) is 24.4 Å². The molecule has 1 saturated carbocycles. The predicted octanol–water partition coefficient (Wildman–Crippen LogP) is 3.67. The van der Waals surface area contributed by atoms with E-state index in [0.717, 1.165) is 0 Å². The molecule has 1 amide bonds. The Hall–Kier alpha value is -1.84. The van der Waals surface area contributed by atoms with Gasteiger partial charge in [-0.3, -0.25) is 9.59 Å². The van der Waals surface area contributed by atoms with Gasteiger partial charge < -0.3 is 10.0 Å². The average Bonchev–Trinajstić information content (AvgIpc) is 2.97. The highest BCUT2D eigenvalue weighted by Gasteiger charge is 2.38. The normalized spacial score (nSPS) is 25.5. The number of benzene rings is 1. The molecule has 124 valence electrons. The zero-order valence-corrected chi connectivity index (χ0v) is 13.7. The molecule has 2 atom stereocenters. The summed E-state index contributed by atoms with van der Waals surface area (Å²) in [5, 5.41) is 9.20. The minimum absolute atomic E-state index is 0.0450. The van der Waals surface area contributed by atoms with Crippen LogP contribution >= 0.6 is 0 Å². The number of carbonyl (C=O) groups excluding carboxylic acids is 1. The fraction of sp³-hybridized carbons (Fsp3) is 0.579. The zero-order valence-electron chi connectivity index (χ0n) is 13.7. The van der Waals surface area contributed by atoms with Crippen molar-refractivity contribution in [1.82, 2.24) is 4.90 Å². The van der Waals surface area contributed by atoms with Gasteiger partial charge in [-0.25, -0.2) is 0 Å². The number of hydrogen-bond donors (Lipinski definition) is 1. The van der Waals surface area contributed by atoms with E-state index in [1.165, 1.54) is 37.7 Å². The number of amides is 1. The minimum Gasteiger partial charge on any atom is -0.481 e. The van der Waals surface area contributed by atoms with Crippen molar-refractivity contribution in [1.29, 1.82) is 0 Å². The molecule has 4 heteroatoms. The Balaban J connectivity index is 1.69. The Morgan fingerprint density at radius 2 is 1.70 bits per heavy atom. The van der Waals surface area contributed by atoms with Gasteiger partial charge in [0.15, 0.2) is 0 Å². The molecule has 0 radical (unpaired) electrons. The van der Waals surface area contributed by atoms with Crippen molar-refractivity contribution in [3.63, 3.8) is 0 Å². The van der Waals surface area contributed by atoms with Crippen LogP contribution in [0.4, 0.5) is 0 Å². The van der Waals surface area contributed by atoms with Gasteiger partial charge in [-0.1, -0.05) is 31.4 Å². The van der Waals surface area contributed by atoms with Gasteiger partial charge in [-0.2, -0.15) is 0 Å². The predicted molar refractivity (Wildman–Crippen MR) is 88.5 cm³/mol. The minimum atomic E-state index is -0.805. The van der Waals surface area contributed by atoms with Crippen molar-refractivity contribution in [2.24, 2.45) is 5.92 Å². The van der Waals surface area contributed by atoms with Gasteiger partial charge in [0.05, 0.1) is 5.92 Å². The molecule has 2 unspecified atom stereocenters. The molecule has 1 N–H and O–H groups in total. The first-order valence-corrected chi connectivity index (χ1v) is 8.71. The lowest BCUT2D eigenvalue weighted by Gasteiger charge is -2.24. The molecule has 0 spiro atoms. The van der Waals surface area contributed by atoms with Crippen molar-refractivity contribution in [2.75, 3.05) is 6.54 Å². The van der Waals surface area contributed by atoms with Crippen LogP contribution in [0.1, 0.15) is 67.3 Å². The number of likely N-dealkylation sites (tertiary alicyclic amines) is 1. The molecular weight excluding hydrogens is 290 g/mol. The van der Waals surface area contributed by atoms with E-state index in [4.69, 9.17) is 0 Å². The van der Waals surface area contributed by atoms with Gasteiger partial charge in [0.1, 0.15) is 0 Å². The molecule has 0 bridgehead atoms. The molecule has 2 fully saturated rings. The van der Waals surface area contributed by atoms with Crippen LogP contribution < -0.4 is 0 Å². The SMILES string of the molecule is CC1C(C(=O)O)CCN1C(=O)c1ccc(C2CCCCC2)cc1. The van der Waals surface area contributed by atoms with Crippen LogP contribution in [0.5, 0.6) is 0 Å². The van der Waals surface area contributed by atoms with E-state index in [1.807, 2.05) is 19.1 Å². The van der Waals surface area contributed by atoms with E-state index in [9.17, 15) is 14.7 Å². The average molecular weight is 315 g/mol. The second-order valence-electron chi connectivity index (χ2n) is 6.93. The monoisotopic (exact) mass is 315 g/mol. The van der Waals surface area contributed by atoms with Gasteiger partial charge >= 0.3 is 5.97 Å². The Morgan fingerprint density at radius 1 is 1.04 bits per heavy atom. The number of aliphatic carboxylic acids is 1. The van der Waals surface area contributed by atoms with E-state index in [1.54, 1.807) is 4.90 Å². The molecule has 1 heterocycles. The number of carbonyl (C=O) groups is 2. The van der Waals surface area contributed by atoms with Crippen LogP contribution in [-0.2, 0) is 4.79 Å². The quantitative estimate of drug-likeness (QED) is 0.926. The summed E-state index contributed by atoms with van der Waals surface area (Å²) in [6.45, 7) is 2.36. The maximum Gasteiger partial charge on any atom is 0.308 e. The number of nitrogens with zero attached hydrogens (tertiary/aromatic N) is 1. The summed E-state index contributed by atoms with van der Waals surface area (Å²) >= 11 is 0. The van der Waals surface area contributed by atoms with E-state index in [-0.39, 0.29) is 11.9 Å². The third-order valence-electron chi connectivity index (χ3n) is 5.57. The molecule has 1 aliphatic heterocycles. The van der Waals surface area contributed by atoms with Crippen molar-refractivity contribution in [3.05, 3.63) is 35.4 Å². The molecular formula is C19H25NO3. The second kappa shape index (κ2) is 6.73. The summed E-state index contributed by atoms with van der Waals surface area (Å²) in [4.78, 5) is 25.5. The van der Waals surface area contributed by atoms with Crippen LogP contribution in [-0.4, -0.2) is 34.5 Å². The molecule has 1 aliphatic carbocycles. The molecule has 1 aromatic rings. The summed E-state index contributed by atoms with van der Waals surface area (Å²) in [7, 11) is 0. The number of rotatable bonds is 3. The standard InChI is InChI=1S/C19H25NO3/c1-13-17(19(22)23)11-12-20(13)18(21)16-9-7-15(8-10-16)14-5-3-2-4-6-14/h7-10,13-14,17H,2-6,11-12H2,1H3,(H,22,23). The molecule has 1 aromatic carbocycles. The van der Waals surface area contributed by atoms with Crippen molar-refractivity contribution in [2.45, 2.75) is 57.4 Å². The van der Waals surface area contributed by atoms with Crippen LogP contribution in [0.3, 0.4) is 0 Å². The largest absolute Gasteiger partial charge is 0.481 e. The second-order valence-corrected chi connectivity index (χ2v) is 6.93. The molecule has 0 aromatic heterocycles. The fourth-order valence-electron chi connectivity index (χ4n) is 4.06. The summed E-state index contributed by atoms with van der Waals surface area (Å²) < 4.78 is 0. The Bertz CT molecular complexity index is 575. The summed E-state index contributed by atoms with van der Waals surface area (Å²) in [6.07, 6.45) is 6.97. The Kier molecular flexibility index (Phi) is 4.69. The lowest BCUT2D eigenvalue weighted by molar-refractivity contribution is -0.142. The Labute approximate surface area is 137 Å². The van der Waals surface area contributed by atoms with Crippen LogP contribution in [0.2, 0.25) is 0 Å². The maximum absolute atomic E-state index is 12.6. The third-order valence-corrected chi connectivity index (χ3v) is 5.57. The first kappa shape index (κ1) is 16.0. The topological polar surface area (TPSA) is 57.6 Å². The van der Waals surface area contributed by atoms with Crippen LogP contribution in [0.15, 0.2) is 24.3 Å².